The van der Waals surface area contributed by atoms with Gasteiger partial charge in [-0.2, -0.15) is 0 Å². The summed E-state index contributed by atoms with van der Waals surface area (Å²) in [4.78, 5) is 18.2. The molecule has 100 valence electrons. The van der Waals surface area contributed by atoms with E-state index in [2.05, 4.69) is 17.3 Å². The molecule has 1 amide bonds. The molecule has 0 spiro atoms. The minimum Gasteiger partial charge on any atom is -0.342 e. The van der Waals surface area contributed by atoms with Crippen LogP contribution in [0.25, 0.3) is 0 Å². The lowest BCUT2D eigenvalue weighted by Crippen LogP contribution is -2.28. The van der Waals surface area contributed by atoms with E-state index in [4.69, 9.17) is 5.84 Å². The molecule has 1 heterocycles. The molecular weight excluding hydrogens is 228 g/mol. The summed E-state index contributed by atoms with van der Waals surface area (Å²) in [5, 5.41) is 0. The zero-order valence-corrected chi connectivity index (χ0v) is 11.4. The Labute approximate surface area is 108 Å². The largest absolute Gasteiger partial charge is 0.342 e. The summed E-state index contributed by atoms with van der Waals surface area (Å²) in [5.74, 6) is 5.90. The molecule has 0 atom stereocenters. The molecule has 3 N–H and O–H groups in total. The van der Waals surface area contributed by atoms with Gasteiger partial charge in [0.25, 0.3) is 5.91 Å². The van der Waals surface area contributed by atoms with E-state index in [1.165, 1.54) is 0 Å². The summed E-state index contributed by atoms with van der Waals surface area (Å²) < 4.78 is 0. The number of rotatable bonds is 6. The first-order valence-electron chi connectivity index (χ1n) is 6.35. The third kappa shape index (κ3) is 3.70. The van der Waals surface area contributed by atoms with Crippen molar-refractivity contribution in [3.05, 3.63) is 23.4 Å². The molecule has 18 heavy (non-hydrogen) atoms. The molecule has 1 rings (SSSR count). The Hall–Kier alpha value is -1.62. The minimum absolute atomic E-state index is 0.0112. The van der Waals surface area contributed by atoms with E-state index in [1.807, 2.05) is 20.0 Å². The molecule has 5 heteroatoms. The fraction of sp³-hybridized carbons (Fsp3) is 0.538. The Morgan fingerprint density at radius 2 is 2.17 bits per heavy atom. The number of pyridine rings is 1. The van der Waals surface area contributed by atoms with Crippen LogP contribution in [0.5, 0.6) is 0 Å². The van der Waals surface area contributed by atoms with Crippen molar-refractivity contribution in [2.45, 2.75) is 33.1 Å². The monoisotopic (exact) mass is 250 g/mol. The molecule has 0 aliphatic carbocycles. The fourth-order valence-electron chi connectivity index (χ4n) is 1.68. The van der Waals surface area contributed by atoms with E-state index in [0.717, 1.165) is 31.5 Å². The molecule has 1 aromatic rings. The lowest BCUT2D eigenvalue weighted by Gasteiger charge is -2.17. The molecule has 0 saturated carbocycles. The quantitative estimate of drug-likeness (QED) is 0.596. The van der Waals surface area contributed by atoms with Crippen molar-refractivity contribution in [1.29, 1.82) is 0 Å². The molecule has 0 unspecified atom stereocenters. The number of unbranched alkanes of at least 4 members (excludes halogenated alkanes) is 1. The zero-order valence-electron chi connectivity index (χ0n) is 11.4. The van der Waals surface area contributed by atoms with Gasteiger partial charge < -0.3 is 10.3 Å². The Balaban J connectivity index is 2.90. The number of nitrogens with two attached hydrogens (primary N) is 1. The van der Waals surface area contributed by atoms with Gasteiger partial charge >= 0.3 is 0 Å². The van der Waals surface area contributed by atoms with Gasteiger partial charge in [0.1, 0.15) is 5.82 Å². The average Bonchev–Trinajstić information content (AvgIpc) is 2.43. The number of carbonyl (C=O) groups excluding carboxylic acids is 1. The number of nitrogens with one attached hydrogen (secondary N) is 1. The summed E-state index contributed by atoms with van der Waals surface area (Å²) in [6, 6.07) is 3.51. The van der Waals surface area contributed by atoms with Gasteiger partial charge in [0.15, 0.2) is 0 Å². The van der Waals surface area contributed by atoms with Gasteiger partial charge in [-0.1, -0.05) is 20.3 Å². The molecule has 0 bridgehead atoms. The molecule has 0 aliphatic heterocycles. The highest BCUT2D eigenvalue weighted by Gasteiger charge is 2.13. The van der Waals surface area contributed by atoms with Gasteiger partial charge in [-0.15, -0.1) is 0 Å². The van der Waals surface area contributed by atoms with Gasteiger partial charge in [-0.25, -0.2) is 10.8 Å². The number of aromatic nitrogens is 1. The zero-order chi connectivity index (χ0) is 13.5. The third-order valence-electron chi connectivity index (χ3n) is 2.83. The second kappa shape index (κ2) is 6.96. The predicted octanol–water partition coefficient (Wildman–Crippen LogP) is 1.80. The van der Waals surface area contributed by atoms with Crippen LogP contribution >= 0.6 is 0 Å². The molecule has 0 saturated heterocycles. The number of hydrogen-bond donors (Lipinski definition) is 2. The van der Waals surface area contributed by atoms with Crippen LogP contribution in [0.4, 0.5) is 5.82 Å². The molecule has 0 radical (unpaired) electrons. The number of nitrogens with zero attached hydrogens (tertiary/aromatic N) is 2. The van der Waals surface area contributed by atoms with Crippen molar-refractivity contribution in [2.24, 2.45) is 5.84 Å². The number of carbonyl (C=O) groups is 1. The topological polar surface area (TPSA) is 71.2 Å². The number of hydrogen-bond acceptors (Lipinski definition) is 4. The Kier molecular flexibility index (Phi) is 5.58. The highest BCUT2D eigenvalue weighted by atomic mass is 16.2. The standard InChI is InChI=1S/C13H22N4O/c1-4-6-7-17(3)13(18)10-8-11(5-2)15-12(9-10)16-14/h8-9H,4-7,14H2,1-3H3,(H,15,16). The lowest BCUT2D eigenvalue weighted by atomic mass is 10.1. The number of amides is 1. The molecule has 1 aromatic heterocycles. The molecule has 5 nitrogen and oxygen atoms in total. The maximum absolute atomic E-state index is 12.2. The highest BCUT2D eigenvalue weighted by Crippen LogP contribution is 2.12. The molecular formula is C13H22N4O. The maximum atomic E-state index is 12.2. The van der Waals surface area contributed by atoms with Gasteiger partial charge in [0.2, 0.25) is 0 Å². The van der Waals surface area contributed by atoms with E-state index in [1.54, 1.807) is 11.0 Å². The third-order valence-corrected chi connectivity index (χ3v) is 2.83. The summed E-state index contributed by atoms with van der Waals surface area (Å²) in [6.07, 6.45) is 2.86. The van der Waals surface area contributed by atoms with Gasteiger partial charge in [0.05, 0.1) is 0 Å². The van der Waals surface area contributed by atoms with Gasteiger partial charge in [-0.05, 0) is 25.0 Å². The Bertz CT molecular complexity index is 384. The number of nitrogen functional groups attached to an aromatic ring is 1. The summed E-state index contributed by atoms with van der Waals surface area (Å²) in [6.45, 7) is 4.87. The van der Waals surface area contributed by atoms with Crippen LogP contribution < -0.4 is 11.3 Å². The second-order valence-corrected chi connectivity index (χ2v) is 4.31. The average molecular weight is 250 g/mol. The van der Waals surface area contributed by atoms with Crippen molar-refractivity contribution in [3.63, 3.8) is 0 Å². The fourth-order valence-corrected chi connectivity index (χ4v) is 1.68. The minimum atomic E-state index is 0.0112. The Morgan fingerprint density at radius 1 is 1.44 bits per heavy atom. The van der Waals surface area contributed by atoms with Crippen molar-refractivity contribution in [2.75, 3.05) is 19.0 Å². The SMILES string of the molecule is CCCCN(C)C(=O)c1cc(CC)nc(NN)c1. The lowest BCUT2D eigenvalue weighted by molar-refractivity contribution is 0.0793. The van der Waals surface area contributed by atoms with Crippen LogP contribution in [0, 0.1) is 0 Å². The van der Waals surface area contributed by atoms with Crippen molar-refractivity contribution in [1.82, 2.24) is 9.88 Å². The van der Waals surface area contributed by atoms with Gasteiger partial charge in [0, 0.05) is 24.8 Å². The van der Waals surface area contributed by atoms with E-state index < -0.39 is 0 Å². The van der Waals surface area contributed by atoms with Gasteiger partial charge in [-0.3, -0.25) is 4.79 Å². The molecule has 0 aromatic carbocycles. The number of hydrazine groups is 1. The first kappa shape index (κ1) is 14.4. The smallest absolute Gasteiger partial charge is 0.253 e. The van der Waals surface area contributed by atoms with Crippen LogP contribution in [0.1, 0.15) is 42.7 Å². The first-order valence-corrected chi connectivity index (χ1v) is 6.35. The van der Waals surface area contributed by atoms with Crippen molar-refractivity contribution in [3.8, 4) is 0 Å². The summed E-state index contributed by atoms with van der Waals surface area (Å²) in [7, 11) is 1.82. The predicted molar refractivity (Wildman–Crippen MR) is 73.3 cm³/mol. The maximum Gasteiger partial charge on any atom is 0.253 e. The summed E-state index contributed by atoms with van der Waals surface area (Å²) >= 11 is 0. The molecule has 0 fully saturated rings. The number of aryl methyl sites for hydroxylation is 1. The van der Waals surface area contributed by atoms with Crippen LogP contribution in [0.15, 0.2) is 12.1 Å². The normalized spacial score (nSPS) is 10.2. The van der Waals surface area contributed by atoms with Crippen LogP contribution in [-0.4, -0.2) is 29.4 Å². The van der Waals surface area contributed by atoms with Crippen LogP contribution in [0.2, 0.25) is 0 Å². The van der Waals surface area contributed by atoms with E-state index in [0.29, 0.717) is 11.4 Å². The van der Waals surface area contributed by atoms with E-state index in [9.17, 15) is 4.79 Å². The highest BCUT2D eigenvalue weighted by molar-refractivity contribution is 5.94. The second-order valence-electron chi connectivity index (χ2n) is 4.31. The molecule has 0 aliphatic rings. The van der Waals surface area contributed by atoms with Crippen molar-refractivity contribution >= 4 is 11.7 Å². The first-order chi connectivity index (χ1) is 8.62. The van der Waals surface area contributed by atoms with Crippen molar-refractivity contribution < 1.29 is 4.79 Å². The van der Waals surface area contributed by atoms with E-state index in [-0.39, 0.29) is 5.91 Å². The summed E-state index contributed by atoms with van der Waals surface area (Å²) in [5.41, 5.74) is 3.99. The Morgan fingerprint density at radius 3 is 2.72 bits per heavy atom. The number of anilines is 1. The van der Waals surface area contributed by atoms with Crippen LogP contribution in [-0.2, 0) is 6.42 Å². The van der Waals surface area contributed by atoms with Crippen LogP contribution in [0.3, 0.4) is 0 Å². The van der Waals surface area contributed by atoms with E-state index >= 15 is 0 Å².